The Labute approximate surface area is 218 Å². The molecule has 0 aliphatic carbocycles. The normalized spacial score (nSPS) is 15.8. The zero-order valence-corrected chi connectivity index (χ0v) is 20.7. The Morgan fingerprint density at radius 3 is 2.70 bits per heavy atom. The topological polar surface area (TPSA) is 113 Å². The lowest BCUT2D eigenvalue weighted by Crippen LogP contribution is -2.30. The summed E-state index contributed by atoms with van der Waals surface area (Å²) in [5.41, 5.74) is 1.19. The van der Waals surface area contributed by atoms with E-state index in [9.17, 15) is 19.8 Å². The number of hydrogen-bond donors (Lipinski definition) is 2. The van der Waals surface area contributed by atoms with Crippen molar-refractivity contribution in [2.75, 3.05) is 12.0 Å². The van der Waals surface area contributed by atoms with Crippen LogP contribution in [-0.4, -0.2) is 34.0 Å². The summed E-state index contributed by atoms with van der Waals surface area (Å²) in [4.78, 5) is 33.0. The van der Waals surface area contributed by atoms with Gasteiger partial charge in [0.25, 0.3) is 5.91 Å². The molecule has 1 atom stereocenters. The van der Waals surface area contributed by atoms with Crippen molar-refractivity contribution in [1.29, 1.82) is 0 Å². The van der Waals surface area contributed by atoms with Gasteiger partial charge in [-0.15, -0.1) is 0 Å². The molecule has 0 saturated carbocycles. The van der Waals surface area contributed by atoms with Crippen molar-refractivity contribution < 1.29 is 29.0 Å². The second kappa shape index (κ2) is 8.65. The van der Waals surface area contributed by atoms with E-state index in [0.29, 0.717) is 32.8 Å². The van der Waals surface area contributed by atoms with Gasteiger partial charge in [-0.05, 0) is 48.0 Å². The summed E-state index contributed by atoms with van der Waals surface area (Å²) in [6, 6.07) is 17.0. The number of para-hydroxylation sites is 1. The summed E-state index contributed by atoms with van der Waals surface area (Å²) < 4.78 is 11.9. The van der Waals surface area contributed by atoms with Crippen LogP contribution in [0.25, 0.3) is 21.2 Å². The standard InChI is InChI=1S/C27H17ClN2O6S/c1-35-18-7-3-5-14-11-19(36-25(14)18)23(32)21-22(13-4-2-6-16(31)10-13)30(26(34)24(21)33)27-29-17-9-8-15(28)12-20(17)37-27/h2-12,22,31,33H,1H3. The monoisotopic (exact) mass is 532 g/mol. The Hall–Kier alpha value is -4.34. The molecule has 0 spiro atoms. The second-order valence-corrected chi connectivity index (χ2v) is 9.81. The van der Waals surface area contributed by atoms with Crippen molar-refractivity contribution in [2.24, 2.45) is 0 Å². The molecule has 1 aliphatic heterocycles. The SMILES string of the molecule is COc1cccc2cc(C(=O)C3=C(O)C(=O)N(c4nc5ccc(Cl)cc5s4)C3c3cccc(O)c3)oc12. The van der Waals surface area contributed by atoms with Gasteiger partial charge in [0.1, 0.15) is 5.75 Å². The Morgan fingerprint density at radius 2 is 1.92 bits per heavy atom. The maximum atomic E-state index is 13.8. The molecule has 6 rings (SSSR count). The van der Waals surface area contributed by atoms with E-state index in [1.54, 1.807) is 48.5 Å². The molecule has 0 bridgehead atoms. The number of aromatic hydroxyl groups is 1. The molecule has 5 aromatic rings. The summed E-state index contributed by atoms with van der Waals surface area (Å²) in [5, 5.41) is 22.6. The number of rotatable bonds is 5. The highest BCUT2D eigenvalue weighted by Crippen LogP contribution is 2.45. The van der Waals surface area contributed by atoms with E-state index in [-0.39, 0.29) is 22.2 Å². The van der Waals surface area contributed by atoms with Crippen molar-refractivity contribution in [2.45, 2.75) is 6.04 Å². The van der Waals surface area contributed by atoms with Gasteiger partial charge < -0.3 is 19.4 Å². The van der Waals surface area contributed by atoms with Gasteiger partial charge in [-0.1, -0.05) is 47.2 Å². The third-order valence-electron chi connectivity index (χ3n) is 6.14. The Balaban J connectivity index is 1.52. The molecule has 184 valence electrons. The number of amides is 1. The minimum atomic E-state index is -1.07. The fourth-order valence-corrected chi connectivity index (χ4v) is 5.74. The number of aromatic nitrogens is 1. The lowest BCUT2D eigenvalue weighted by molar-refractivity contribution is -0.117. The maximum absolute atomic E-state index is 13.8. The van der Waals surface area contributed by atoms with E-state index in [4.69, 9.17) is 20.8 Å². The van der Waals surface area contributed by atoms with Crippen molar-refractivity contribution in [3.8, 4) is 11.5 Å². The largest absolute Gasteiger partial charge is 0.508 e. The zero-order valence-electron chi connectivity index (χ0n) is 19.1. The molecule has 0 saturated heterocycles. The lowest BCUT2D eigenvalue weighted by atomic mass is 9.95. The number of fused-ring (bicyclic) bond motifs is 2. The number of aliphatic hydroxyl groups excluding tert-OH is 1. The van der Waals surface area contributed by atoms with Crippen LogP contribution in [0.4, 0.5) is 5.13 Å². The van der Waals surface area contributed by atoms with Crippen LogP contribution in [0, 0.1) is 0 Å². The molecule has 8 nitrogen and oxygen atoms in total. The van der Waals surface area contributed by atoms with Crippen molar-refractivity contribution in [1.82, 2.24) is 4.98 Å². The number of ether oxygens (including phenoxy) is 1. The van der Waals surface area contributed by atoms with Gasteiger partial charge in [0.15, 0.2) is 28.0 Å². The molecule has 1 amide bonds. The molecular formula is C27H17ClN2O6S. The molecule has 37 heavy (non-hydrogen) atoms. The average molecular weight is 533 g/mol. The number of carbonyl (C=O) groups excluding carboxylic acids is 2. The number of benzene rings is 3. The number of phenolic OH excluding ortho intramolecular Hbond substituents is 1. The predicted molar refractivity (Wildman–Crippen MR) is 140 cm³/mol. The van der Waals surface area contributed by atoms with Crippen LogP contribution < -0.4 is 9.64 Å². The van der Waals surface area contributed by atoms with Crippen LogP contribution in [0.15, 0.2) is 82.5 Å². The number of ketones is 1. The minimum Gasteiger partial charge on any atom is -0.508 e. The van der Waals surface area contributed by atoms with Gasteiger partial charge in [0, 0.05) is 10.4 Å². The molecule has 2 aromatic heterocycles. The van der Waals surface area contributed by atoms with Crippen LogP contribution in [0.2, 0.25) is 5.02 Å². The number of Topliss-reactive ketones (excluding diaryl/α,β-unsaturated/α-hetero) is 1. The van der Waals surface area contributed by atoms with Crippen LogP contribution in [0.3, 0.4) is 0 Å². The van der Waals surface area contributed by atoms with Gasteiger partial charge in [-0.25, -0.2) is 4.98 Å². The van der Waals surface area contributed by atoms with Crippen molar-refractivity contribution in [3.05, 3.63) is 94.4 Å². The van der Waals surface area contributed by atoms with Gasteiger partial charge >= 0.3 is 0 Å². The molecular weight excluding hydrogens is 516 g/mol. The van der Waals surface area contributed by atoms with Crippen molar-refractivity contribution in [3.63, 3.8) is 0 Å². The van der Waals surface area contributed by atoms with E-state index < -0.39 is 23.5 Å². The average Bonchev–Trinajstić information content (AvgIpc) is 3.57. The summed E-state index contributed by atoms with van der Waals surface area (Å²) in [5.74, 6) is -1.89. The number of aliphatic hydroxyl groups is 1. The number of furan rings is 1. The molecule has 1 aliphatic rings. The quantitative estimate of drug-likeness (QED) is 0.259. The van der Waals surface area contributed by atoms with Gasteiger partial charge in [-0.2, -0.15) is 0 Å². The third-order valence-corrected chi connectivity index (χ3v) is 7.39. The lowest BCUT2D eigenvalue weighted by Gasteiger charge is -2.24. The van der Waals surface area contributed by atoms with E-state index in [1.807, 2.05) is 0 Å². The van der Waals surface area contributed by atoms with Crippen LogP contribution >= 0.6 is 22.9 Å². The smallest absolute Gasteiger partial charge is 0.296 e. The number of hydrogen-bond acceptors (Lipinski definition) is 8. The first kappa shape index (κ1) is 23.1. The number of phenols is 1. The predicted octanol–water partition coefficient (Wildman–Crippen LogP) is 6.19. The van der Waals surface area contributed by atoms with Crippen LogP contribution in [0.5, 0.6) is 11.5 Å². The molecule has 0 fully saturated rings. The molecule has 2 N–H and O–H groups in total. The van der Waals surface area contributed by atoms with E-state index in [1.165, 1.54) is 41.5 Å². The van der Waals surface area contributed by atoms with Gasteiger partial charge in [-0.3, -0.25) is 14.5 Å². The van der Waals surface area contributed by atoms with Gasteiger partial charge in [0.2, 0.25) is 5.78 Å². The fourth-order valence-electron chi connectivity index (χ4n) is 4.48. The highest BCUT2D eigenvalue weighted by atomic mass is 35.5. The Bertz CT molecular complexity index is 1770. The molecule has 10 heteroatoms. The number of methoxy groups -OCH3 is 1. The Kier molecular flexibility index (Phi) is 5.40. The number of thiazole rings is 1. The van der Waals surface area contributed by atoms with E-state index in [0.717, 1.165) is 4.70 Å². The number of carbonyl (C=O) groups is 2. The summed E-state index contributed by atoms with van der Waals surface area (Å²) in [6.45, 7) is 0. The molecule has 3 aromatic carbocycles. The number of halogens is 1. The highest BCUT2D eigenvalue weighted by molar-refractivity contribution is 7.22. The number of anilines is 1. The maximum Gasteiger partial charge on any atom is 0.296 e. The van der Waals surface area contributed by atoms with Crippen LogP contribution in [0.1, 0.15) is 22.2 Å². The summed E-state index contributed by atoms with van der Waals surface area (Å²) in [6.07, 6.45) is 0. The molecule has 3 heterocycles. The first-order valence-electron chi connectivity index (χ1n) is 11.1. The number of nitrogens with zero attached hydrogens (tertiary/aromatic N) is 2. The molecule has 0 radical (unpaired) electrons. The summed E-state index contributed by atoms with van der Waals surface area (Å²) >= 11 is 7.32. The molecule has 1 unspecified atom stereocenters. The zero-order chi connectivity index (χ0) is 25.8. The van der Waals surface area contributed by atoms with E-state index >= 15 is 0 Å². The summed E-state index contributed by atoms with van der Waals surface area (Å²) in [7, 11) is 1.49. The minimum absolute atomic E-state index is 0.0624. The first-order chi connectivity index (χ1) is 17.9. The Morgan fingerprint density at radius 1 is 1.11 bits per heavy atom. The second-order valence-electron chi connectivity index (χ2n) is 8.36. The van der Waals surface area contributed by atoms with Gasteiger partial charge in [0.05, 0.1) is 28.9 Å². The highest BCUT2D eigenvalue weighted by Gasteiger charge is 2.46. The fraction of sp³-hybridized carbons (Fsp3) is 0.0741. The third kappa shape index (κ3) is 3.71. The first-order valence-corrected chi connectivity index (χ1v) is 12.3. The van der Waals surface area contributed by atoms with E-state index in [2.05, 4.69) is 4.98 Å². The van der Waals surface area contributed by atoms with Crippen LogP contribution in [-0.2, 0) is 4.79 Å². The van der Waals surface area contributed by atoms with Crippen molar-refractivity contribution >= 4 is 60.9 Å².